The van der Waals surface area contributed by atoms with Crippen molar-refractivity contribution in [3.05, 3.63) is 66.1 Å². The minimum absolute atomic E-state index is 0.0335. The number of nitrogens with zero attached hydrogens (tertiary/aromatic N) is 3. The molecule has 0 unspecified atom stereocenters. The molecule has 0 radical (unpaired) electrons. The zero-order valence-electron chi connectivity index (χ0n) is 15.1. The van der Waals surface area contributed by atoms with Gasteiger partial charge in [-0.25, -0.2) is 0 Å². The summed E-state index contributed by atoms with van der Waals surface area (Å²) in [5, 5.41) is 11.9. The number of halogens is 3. The molecule has 0 bridgehead atoms. The van der Waals surface area contributed by atoms with Crippen LogP contribution in [-0.2, 0) is 6.18 Å². The first-order valence-corrected chi connectivity index (χ1v) is 9.19. The second-order valence-electron chi connectivity index (χ2n) is 6.83. The summed E-state index contributed by atoms with van der Waals surface area (Å²) in [6.07, 6.45) is 0.645. The summed E-state index contributed by atoms with van der Waals surface area (Å²) in [5.41, 5.74) is 1.79. The highest BCUT2D eigenvalue weighted by Crippen LogP contribution is 2.40. The molecule has 0 atom stereocenters. The fourth-order valence-electron chi connectivity index (χ4n) is 3.61. The third-order valence-electron chi connectivity index (χ3n) is 5.05. The van der Waals surface area contributed by atoms with Gasteiger partial charge in [0, 0.05) is 29.4 Å². The molecule has 7 heteroatoms. The van der Waals surface area contributed by atoms with E-state index in [2.05, 4.69) is 20.5 Å². The molecule has 144 valence electrons. The van der Waals surface area contributed by atoms with Crippen LogP contribution in [-0.4, -0.2) is 28.3 Å². The molecule has 1 N–H and O–H groups in total. The van der Waals surface area contributed by atoms with E-state index >= 15 is 0 Å². The van der Waals surface area contributed by atoms with Crippen LogP contribution in [0.15, 0.2) is 54.9 Å². The van der Waals surface area contributed by atoms with Gasteiger partial charge in [-0.2, -0.15) is 18.3 Å². The fourth-order valence-corrected chi connectivity index (χ4v) is 3.61. The van der Waals surface area contributed by atoms with Crippen LogP contribution < -0.4 is 5.32 Å². The number of benzene rings is 1. The van der Waals surface area contributed by atoms with Gasteiger partial charge in [0.1, 0.15) is 5.69 Å². The Balaban J connectivity index is 1.88. The highest BCUT2D eigenvalue weighted by atomic mass is 19.4. The Hall–Kier alpha value is -2.80. The number of hydrogen-bond acceptors (Lipinski definition) is 4. The molecule has 0 amide bonds. The summed E-state index contributed by atoms with van der Waals surface area (Å²) in [6.45, 7) is 1.80. The van der Waals surface area contributed by atoms with E-state index in [0.29, 0.717) is 5.56 Å². The number of hydrogen-bond donors (Lipinski definition) is 1. The van der Waals surface area contributed by atoms with Crippen molar-refractivity contribution in [2.24, 2.45) is 0 Å². The fraction of sp³-hybridized carbons (Fsp3) is 0.286. The Bertz CT molecular complexity index is 951. The average molecular weight is 384 g/mol. The average Bonchev–Trinajstić information content (AvgIpc) is 2.74. The molecule has 1 saturated heterocycles. The first-order chi connectivity index (χ1) is 13.5. The molecule has 3 aromatic rings. The molecule has 28 heavy (non-hydrogen) atoms. The van der Waals surface area contributed by atoms with Gasteiger partial charge in [0.05, 0.1) is 11.3 Å². The third-order valence-corrected chi connectivity index (χ3v) is 5.05. The van der Waals surface area contributed by atoms with Gasteiger partial charge in [-0.1, -0.05) is 18.2 Å². The lowest BCUT2D eigenvalue weighted by atomic mass is 9.91. The van der Waals surface area contributed by atoms with Crippen LogP contribution in [0.3, 0.4) is 0 Å². The lowest BCUT2D eigenvalue weighted by Crippen LogP contribution is -2.27. The summed E-state index contributed by atoms with van der Waals surface area (Å²) >= 11 is 0. The molecule has 4 rings (SSSR count). The van der Waals surface area contributed by atoms with Crippen LogP contribution >= 0.6 is 0 Å². The third kappa shape index (κ3) is 3.75. The van der Waals surface area contributed by atoms with Gasteiger partial charge in [0.15, 0.2) is 0 Å². The Morgan fingerprint density at radius 1 is 0.893 bits per heavy atom. The van der Waals surface area contributed by atoms with Gasteiger partial charge in [-0.05, 0) is 55.8 Å². The number of aromatic nitrogens is 3. The van der Waals surface area contributed by atoms with Crippen molar-refractivity contribution in [2.75, 3.05) is 13.1 Å². The zero-order valence-corrected chi connectivity index (χ0v) is 15.1. The van der Waals surface area contributed by atoms with E-state index in [1.54, 1.807) is 30.6 Å². The van der Waals surface area contributed by atoms with Crippen molar-refractivity contribution in [1.29, 1.82) is 0 Å². The smallest absolute Gasteiger partial charge is 0.317 e. The SMILES string of the molecule is FC(F)(F)c1ccccc1-c1nnc(C2CCNCC2)cc1-c1ccncc1. The van der Waals surface area contributed by atoms with Gasteiger partial charge in [0.2, 0.25) is 0 Å². The van der Waals surface area contributed by atoms with E-state index in [4.69, 9.17) is 0 Å². The maximum absolute atomic E-state index is 13.6. The molecule has 1 aromatic carbocycles. The summed E-state index contributed by atoms with van der Waals surface area (Å²) < 4.78 is 40.7. The van der Waals surface area contributed by atoms with Crippen molar-refractivity contribution in [3.8, 4) is 22.4 Å². The minimum Gasteiger partial charge on any atom is -0.317 e. The first kappa shape index (κ1) is 18.6. The van der Waals surface area contributed by atoms with Crippen LogP contribution in [0.1, 0.15) is 30.0 Å². The number of rotatable bonds is 3. The molecule has 4 nitrogen and oxygen atoms in total. The van der Waals surface area contributed by atoms with E-state index in [1.807, 2.05) is 6.07 Å². The number of alkyl halides is 3. The summed E-state index contributed by atoms with van der Waals surface area (Å²) in [7, 11) is 0. The Morgan fingerprint density at radius 2 is 1.61 bits per heavy atom. The molecule has 0 spiro atoms. The highest BCUT2D eigenvalue weighted by Gasteiger charge is 2.34. The monoisotopic (exact) mass is 384 g/mol. The van der Waals surface area contributed by atoms with E-state index in [1.165, 1.54) is 12.1 Å². The summed E-state index contributed by atoms with van der Waals surface area (Å²) in [6, 6.07) is 10.9. The second-order valence-corrected chi connectivity index (χ2v) is 6.83. The topological polar surface area (TPSA) is 50.7 Å². The second kappa shape index (κ2) is 7.67. The van der Waals surface area contributed by atoms with Crippen LogP contribution in [0.4, 0.5) is 13.2 Å². The lowest BCUT2D eigenvalue weighted by molar-refractivity contribution is -0.137. The van der Waals surface area contributed by atoms with Gasteiger partial charge < -0.3 is 5.32 Å². The summed E-state index contributed by atoms with van der Waals surface area (Å²) in [4.78, 5) is 4.02. The molecule has 2 aromatic heterocycles. The van der Waals surface area contributed by atoms with Gasteiger partial charge in [-0.15, -0.1) is 5.10 Å². The number of piperidine rings is 1. The lowest BCUT2D eigenvalue weighted by Gasteiger charge is -2.23. The Morgan fingerprint density at radius 3 is 2.32 bits per heavy atom. The van der Waals surface area contributed by atoms with Gasteiger partial charge >= 0.3 is 6.18 Å². The van der Waals surface area contributed by atoms with Crippen molar-refractivity contribution < 1.29 is 13.2 Å². The van der Waals surface area contributed by atoms with E-state index in [9.17, 15) is 13.2 Å². The number of pyridine rings is 1. The summed E-state index contributed by atoms with van der Waals surface area (Å²) in [5.74, 6) is 0.251. The van der Waals surface area contributed by atoms with Crippen molar-refractivity contribution >= 4 is 0 Å². The molecule has 1 fully saturated rings. The van der Waals surface area contributed by atoms with Crippen LogP contribution in [0.25, 0.3) is 22.4 Å². The standard InChI is InChI=1S/C21H19F3N4/c22-21(23,24)18-4-2-1-3-16(18)20-17(14-5-9-25-10-6-14)13-19(27-28-20)15-7-11-26-12-8-15/h1-6,9-10,13,15,26H,7-8,11-12H2. The van der Waals surface area contributed by atoms with Gasteiger partial charge in [0.25, 0.3) is 0 Å². The zero-order chi connectivity index (χ0) is 19.6. The molecule has 1 aliphatic rings. The predicted octanol–water partition coefficient (Wildman–Crippen LogP) is 4.69. The number of nitrogens with one attached hydrogen (secondary N) is 1. The minimum atomic E-state index is -4.47. The van der Waals surface area contributed by atoms with Crippen molar-refractivity contribution in [1.82, 2.24) is 20.5 Å². The normalized spacial score (nSPS) is 15.5. The maximum atomic E-state index is 13.6. The van der Waals surface area contributed by atoms with Crippen molar-refractivity contribution in [3.63, 3.8) is 0 Å². The predicted molar refractivity (Wildman–Crippen MR) is 101 cm³/mol. The van der Waals surface area contributed by atoms with E-state index in [0.717, 1.165) is 43.3 Å². The molecule has 1 aliphatic heterocycles. The highest BCUT2D eigenvalue weighted by molar-refractivity contribution is 5.82. The van der Waals surface area contributed by atoms with Crippen LogP contribution in [0.2, 0.25) is 0 Å². The van der Waals surface area contributed by atoms with E-state index in [-0.39, 0.29) is 17.2 Å². The van der Waals surface area contributed by atoms with Crippen LogP contribution in [0, 0.1) is 0 Å². The molecular formula is C21H19F3N4. The van der Waals surface area contributed by atoms with Crippen molar-refractivity contribution in [2.45, 2.75) is 24.9 Å². The Kier molecular flexibility index (Phi) is 5.09. The molecule has 3 heterocycles. The van der Waals surface area contributed by atoms with E-state index < -0.39 is 11.7 Å². The maximum Gasteiger partial charge on any atom is 0.417 e. The molecule has 0 saturated carbocycles. The van der Waals surface area contributed by atoms with Crippen LogP contribution in [0.5, 0.6) is 0 Å². The molecule has 0 aliphatic carbocycles. The quantitative estimate of drug-likeness (QED) is 0.712. The first-order valence-electron chi connectivity index (χ1n) is 9.19. The molecular weight excluding hydrogens is 365 g/mol. The largest absolute Gasteiger partial charge is 0.417 e. The Labute approximate surface area is 160 Å². The van der Waals surface area contributed by atoms with Gasteiger partial charge in [-0.3, -0.25) is 4.98 Å².